The van der Waals surface area contributed by atoms with Crippen molar-refractivity contribution in [3.63, 3.8) is 0 Å². The molecule has 0 radical (unpaired) electrons. The van der Waals surface area contributed by atoms with E-state index >= 15 is 0 Å². The van der Waals surface area contributed by atoms with Crippen LogP contribution in [0.4, 0.5) is 0 Å². The number of ether oxygens (including phenoxy) is 1. The van der Waals surface area contributed by atoms with Crippen LogP contribution in [0.5, 0.6) is 0 Å². The number of nitrogens with two attached hydrogens (primary N) is 2. The molecule has 1 aliphatic rings. The Balaban J connectivity index is 1.96. The predicted molar refractivity (Wildman–Crippen MR) is 40.7 cm³/mol. The van der Waals surface area contributed by atoms with Crippen molar-refractivity contribution in [3.8, 4) is 0 Å². The third-order valence-corrected chi connectivity index (χ3v) is 1.71. The third-order valence-electron chi connectivity index (χ3n) is 1.71. The van der Waals surface area contributed by atoms with Gasteiger partial charge in [0.2, 0.25) is 5.91 Å². The van der Waals surface area contributed by atoms with Gasteiger partial charge in [0.25, 0.3) is 0 Å². The number of rotatable bonds is 5. The number of carbonyl (C=O) groups is 1. The van der Waals surface area contributed by atoms with E-state index in [1.807, 2.05) is 0 Å². The molecule has 11 heavy (non-hydrogen) atoms. The first-order valence-corrected chi connectivity index (χ1v) is 3.83. The molecule has 0 aliphatic heterocycles. The minimum atomic E-state index is -0.645. The van der Waals surface area contributed by atoms with E-state index in [4.69, 9.17) is 16.2 Å². The van der Waals surface area contributed by atoms with Crippen LogP contribution in [-0.2, 0) is 9.53 Å². The summed E-state index contributed by atoms with van der Waals surface area (Å²) in [5.74, 6) is 0.205. The molecule has 1 aliphatic carbocycles. The van der Waals surface area contributed by atoms with Crippen molar-refractivity contribution in [1.82, 2.24) is 0 Å². The van der Waals surface area contributed by atoms with Crippen LogP contribution in [0.3, 0.4) is 0 Å². The molecule has 64 valence electrons. The van der Waals surface area contributed by atoms with Gasteiger partial charge in [0.05, 0.1) is 6.61 Å². The van der Waals surface area contributed by atoms with Crippen LogP contribution in [-0.4, -0.2) is 25.2 Å². The molecule has 0 aromatic rings. The zero-order chi connectivity index (χ0) is 8.27. The molecule has 1 fully saturated rings. The smallest absolute Gasteiger partial charge is 0.236 e. The normalized spacial score (nSPS) is 19.7. The molecule has 1 amide bonds. The Morgan fingerprint density at radius 3 is 2.73 bits per heavy atom. The van der Waals surface area contributed by atoms with Gasteiger partial charge in [-0.25, -0.2) is 0 Å². The van der Waals surface area contributed by atoms with E-state index in [0.29, 0.717) is 5.92 Å². The lowest BCUT2D eigenvalue weighted by molar-refractivity contribution is -0.120. The van der Waals surface area contributed by atoms with Crippen molar-refractivity contribution in [2.45, 2.75) is 18.9 Å². The van der Waals surface area contributed by atoms with Crippen LogP contribution < -0.4 is 11.5 Å². The molecule has 0 aromatic carbocycles. The summed E-state index contributed by atoms with van der Waals surface area (Å²) in [6, 6.07) is -0.645. The van der Waals surface area contributed by atoms with Crippen molar-refractivity contribution in [2.75, 3.05) is 13.2 Å². The maximum absolute atomic E-state index is 10.4. The average Bonchev–Trinajstić information content (AvgIpc) is 2.71. The minimum absolute atomic E-state index is 0.256. The maximum atomic E-state index is 10.4. The molecule has 1 atom stereocenters. The highest BCUT2D eigenvalue weighted by Crippen LogP contribution is 2.28. The molecule has 1 unspecified atom stereocenters. The fourth-order valence-electron chi connectivity index (χ4n) is 0.728. The summed E-state index contributed by atoms with van der Waals surface area (Å²) in [6.45, 7) is 0.979. The SMILES string of the molecule is NC(=O)C(N)COCC1CC1. The predicted octanol–water partition coefficient (Wildman–Crippen LogP) is -0.774. The van der Waals surface area contributed by atoms with E-state index in [2.05, 4.69) is 0 Å². The van der Waals surface area contributed by atoms with Crippen molar-refractivity contribution in [2.24, 2.45) is 17.4 Å². The van der Waals surface area contributed by atoms with Gasteiger partial charge in [-0.05, 0) is 18.8 Å². The van der Waals surface area contributed by atoms with E-state index in [0.717, 1.165) is 6.61 Å². The second kappa shape index (κ2) is 3.69. The lowest BCUT2D eigenvalue weighted by atomic mass is 10.3. The van der Waals surface area contributed by atoms with Crippen molar-refractivity contribution >= 4 is 5.91 Å². The summed E-state index contributed by atoms with van der Waals surface area (Å²) >= 11 is 0. The number of hydrogen-bond acceptors (Lipinski definition) is 3. The Morgan fingerprint density at radius 1 is 1.64 bits per heavy atom. The Hall–Kier alpha value is -0.610. The van der Waals surface area contributed by atoms with Gasteiger partial charge in [0, 0.05) is 6.61 Å². The Bertz CT molecular complexity index is 145. The van der Waals surface area contributed by atoms with Crippen LogP contribution in [0.15, 0.2) is 0 Å². The van der Waals surface area contributed by atoms with Crippen molar-refractivity contribution in [3.05, 3.63) is 0 Å². The van der Waals surface area contributed by atoms with E-state index in [-0.39, 0.29) is 6.61 Å². The fraction of sp³-hybridized carbons (Fsp3) is 0.857. The molecule has 0 spiro atoms. The first kappa shape index (κ1) is 8.49. The van der Waals surface area contributed by atoms with E-state index < -0.39 is 11.9 Å². The molecule has 1 rings (SSSR count). The molecule has 0 bridgehead atoms. The molecule has 1 saturated carbocycles. The molecule has 0 heterocycles. The van der Waals surface area contributed by atoms with Crippen LogP contribution in [0, 0.1) is 5.92 Å². The standard InChI is InChI=1S/C7H14N2O2/c8-6(7(9)10)4-11-3-5-1-2-5/h5-6H,1-4,8H2,(H2,9,10). The maximum Gasteiger partial charge on any atom is 0.236 e. The second-order valence-corrected chi connectivity index (χ2v) is 2.99. The zero-order valence-corrected chi connectivity index (χ0v) is 6.45. The highest BCUT2D eigenvalue weighted by Gasteiger charge is 2.21. The van der Waals surface area contributed by atoms with E-state index in [9.17, 15) is 4.79 Å². The summed E-state index contributed by atoms with van der Waals surface area (Å²) < 4.78 is 5.15. The first-order valence-electron chi connectivity index (χ1n) is 3.83. The highest BCUT2D eigenvalue weighted by molar-refractivity contribution is 5.79. The minimum Gasteiger partial charge on any atom is -0.379 e. The molecule has 4 nitrogen and oxygen atoms in total. The Kier molecular flexibility index (Phi) is 2.84. The van der Waals surface area contributed by atoms with Crippen LogP contribution in [0.25, 0.3) is 0 Å². The Labute approximate surface area is 65.9 Å². The van der Waals surface area contributed by atoms with E-state index in [1.165, 1.54) is 12.8 Å². The lowest BCUT2D eigenvalue weighted by Gasteiger charge is -2.07. The number of carbonyl (C=O) groups excluding carboxylic acids is 1. The summed E-state index contributed by atoms with van der Waals surface area (Å²) in [7, 11) is 0. The van der Waals surface area contributed by atoms with Crippen molar-refractivity contribution < 1.29 is 9.53 Å². The summed E-state index contributed by atoms with van der Waals surface area (Å²) in [6.07, 6.45) is 2.48. The van der Waals surface area contributed by atoms with Crippen LogP contribution in [0.2, 0.25) is 0 Å². The second-order valence-electron chi connectivity index (χ2n) is 2.99. The van der Waals surface area contributed by atoms with Gasteiger partial charge in [-0.1, -0.05) is 0 Å². The van der Waals surface area contributed by atoms with Crippen molar-refractivity contribution in [1.29, 1.82) is 0 Å². The van der Waals surface area contributed by atoms with Gasteiger partial charge >= 0.3 is 0 Å². The molecule has 0 saturated heterocycles. The van der Waals surface area contributed by atoms with Crippen LogP contribution in [0.1, 0.15) is 12.8 Å². The zero-order valence-electron chi connectivity index (χ0n) is 6.45. The topological polar surface area (TPSA) is 78.3 Å². The molecular formula is C7H14N2O2. The molecular weight excluding hydrogens is 144 g/mol. The largest absolute Gasteiger partial charge is 0.379 e. The van der Waals surface area contributed by atoms with E-state index in [1.54, 1.807) is 0 Å². The molecule has 0 aromatic heterocycles. The quantitative estimate of drug-likeness (QED) is 0.551. The fourth-order valence-corrected chi connectivity index (χ4v) is 0.728. The summed E-state index contributed by atoms with van der Waals surface area (Å²) in [4.78, 5) is 10.4. The molecule has 4 N–H and O–H groups in total. The number of amides is 1. The lowest BCUT2D eigenvalue weighted by Crippen LogP contribution is -2.40. The van der Waals surface area contributed by atoms with Gasteiger partial charge in [-0.2, -0.15) is 0 Å². The number of primary amides is 1. The van der Waals surface area contributed by atoms with Gasteiger partial charge in [0.1, 0.15) is 6.04 Å². The summed E-state index contributed by atoms with van der Waals surface area (Å²) in [5.41, 5.74) is 10.2. The van der Waals surface area contributed by atoms with Gasteiger partial charge in [-0.15, -0.1) is 0 Å². The monoisotopic (exact) mass is 158 g/mol. The van der Waals surface area contributed by atoms with Gasteiger partial charge in [-0.3, -0.25) is 4.79 Å². The van der Waals surface area contributed by atoms with Gasteiger partial charge < -0.3 is 16.2 Å². The van der Waals surface area contributed by atoms with Crippen LogP contribution >= 0.6 is 0 Å². The number of hydrogen-bond donors (Lipinski definition) is 2. The molecule has 4 heteroatoms. The first-order chi connectivity index (χ1) is 5.20. The highest BCUT2D eigenvalue weighted by atomic mass is 16.5. The Morgan fingerprint density at radius 2 is 2.27 bits per heavy atom. The summed E-state index contributed by atoms with van der Waals surface area (Å²) in [5, 5.41) is 0. The average molecular weight is 158 g/mol. The third kappa shape index (κ3) is 3.34. The van der Waals surface area contributed by atoms with Gasteiger partial charge in [0.15, 0.2) is 0 Å².